The molecule has 0 radical (unpaired) electrons. The van der Waals surface area contributed by atoms with Crippen molar-refractivity contribution in [2.45, 2.75) is 22.6 Å². The van der Waals surface area contributed by atoms with Crippen LogP contribution < -0.4 is 10.6 Å². The number of benzene rings is 3. The molecule has 2 N–H and O–H groups in total. The van der Waals surface area contributed by atoms with Gasteiger partial charge in [0.15, 0.2) is 0 Å². The van der Waals surface area contributed by atoms with Crippen LogP contribution in [0.2, 0.25) is 0 Å². The van der Waals surface area contributed by atoms with Crippen molar-refractivity contribution in [1.29, 1.82) is 0 Å². The van der Waals surface area contributed by atoms with Gasteiger partial charge in [-0.2, -0.15) is 0 Å². The normalized spacial score (nSPS) is 14.1. The molecular weight excluding hydrogens is 567 g/mol. The fraction of sp³-hybridized carbons (Fsp3) is 0.0909. The second-order valence-electron chi connectivity index (χ2n) is 7.15. The Bertz CT molecular complexity index is 1360. The summed E-state index contributed by atoms with van der Waals surface area (Å²) in [6.45, 7) is 0. The highest BCUT2D eigenvalue weighted by atomic mass is 79.9. The molecule has 2 heterocycles. The second kappa shape index (κ2) is 8.76. The van der Waals surface area contributed by atoms with E-state index in [0.29, 0.717) is 22.1 Å². The van der Waals surface area contributed by atoms with Gasteiger partial charge in [0.2, 0.25) is 21.7 Å². The topological polar surface area (TPSA) is 92.3 Å². The Labute approximate surface area is 200 Å². The molecule has 0 bridgehead atoms. The SMILES string of the molecule is O=C1Cc2cc(S(=O)(=O)c3ccc(F)cc3)c(Br)cc2N1.O=C1Cc2ccc(Br)cc2N1. The van der Waals surface area contributed by atoms with Crippen LogP contribution in [0.15, 0.2) is 73.3 Å². The summed E-state index contributed by atoms with van der Waals surface area (Å²) in [5.74, 6) is -0.594. The first kappa shape index (κ1) is 22.6. The number of anilines is 2. The van der Waals surface area contributed by atoms with Crippen LogP contribution in [0.25, 0.3) is 0 Å². The molecule has 32 heavy (non-hydrogen) atoms. The molecule has 0 unspecified atom stereocenters. The lowest BCUT2D eigenvalue weighted by Crippen LogP contribution is -2.04. The number of halogens is 3. The van der Waals surface area contributed by atoms with Gasteiger partial charge in [-0.25, -0.2) is 12.8 Å². The third-order valence-electron chi connectivity index (χ3n) is 4.89. The van der Waals surface area contributed by atoms with Gasteiger partial charge >= 0.3 is 0 Å². The van der Waals surface area contributed by atoms with Gasteiger partial charge < -0.3 is 10.6 Å². The van der Waals surface area contributed by atoms with Crippen LogP contribution in [0, 0.1) is 5.82 Å². The molecule has 2 aliphatic heterocycles. The number of sulfone groups is 1. The van der Waals surface area contributed by atoms with Crippen LogP contribution >= 0.6 is 31.9 Å². The van der Waals surface area contributed by atoms with E-state index in [9.17, 15) is 22.4 Å². The van der Waals surface area contributed by atoms with Crippen LogP contribution in [0.4, 0.5) is 15.8 Å². The predicted octanol–water partition coefficient (Wildman–Crippen LogP) is 4.86. The zero-order chi connectivity index (χ0) is 23.0. The number of hydrogen-bond acceptors (Lipinski definition) is 4. The number of carbonyl (C=O) groups is 2. The fourth-order valence-electron chi connectivity index (χ4n) is 3.36. The third kappa shape index (κ3) is 4.62. The Kier molecular flexibility index (Phi) is 6.19. The molecule has 0 fully saturated rings. The van der Waals surface area contributed by atoms with Gasteiger partial charge in [-0.1, -0.05) is 22.0 Å². The predicted molar refractivity (Wildman–Crippen MR) is 125 cm³/mol. The van der Waals surface area contributed by atoms with E-state index >= 15 is 0 Å². The van der Waals surface area contributed by atoms with E-state index in [1.165, 1.54) is 18.2 Å². The molecule has 164 valence electrons. The molecule has 6 nitrogen and oxygen atoms in total. The smallest absolute Gasteiger partial charge is 0.228 e. The van der Waals surface area contributed by atoms with Gasteiger partial charge in [0.1, 0.15) is 5.82 Å². The van der Waals surface area contributed by atoms with Crippen LogP contribution in [0.5, 0.6) is 0 Å². The maximum Gasteiger partial charge on any atom is 0.228 e. The third-order valence-corrected chi connectivity index (χ3v) is 8.11. The molecular formula is C22H15Br2FN2O4S. The van der Waals surface area contributed by atoms with E-state index in [4.69, 9.17) is 0 Å². The van der Waals surface area contributed by atoms with E-state index in [2.05, 4.69) is 42.5 Å². The van der Waals surface area contributed by atoms with E-state index in [0.717, 1.165) is 27.9 Å². The number of fused-ring (bicyclic) bond motifs is 2. The number of hydrogen-bond donors (Lipinski definition) is 2. The van der Waals surface area contributed by atoms with Gasteiger partial charge in [-0.15, -0.1) is 0 Å². The number of rotatable bonds is 2. The summed E-state index contributed by atoms with van der Waals surface area (Å²) in [6.07, 6.45) is 0.664. The van der Waals surface area contributed by atoms with E-state index in [1.807, 2.05) is 18.2 Å². The molecule has 10 heteroatoms. The van der Waals surface area contributed by atoms with Crippen LogP contribution in [0.1, 0.15) is 11.1 Å². The molecule has 0 aromatic heterocycles. The molecule has 0 aliphatic carbocycles. The van der Waals surface area contributed by atoms with Gasteiger partial charge in [0, 0.05) is 20.3 Å². The van der Waals surface area contributed by atoms with Gasteiger partial charge in [0.05, 0.1) is 22.6 Å². The zero-order valence-corrected chi connectivity index (χ0v) is 20.3. The number of amides is 2. The van der Waals surface area contributed by atoms with Crippen molar-refractivity contribution in [2.75, 3.05) is 10.6 Å². The Morgan fingerprint density at radius 2 is 1.38 bits per heavy atom. The van der Waals surface area contributed by atoms with Crippen LogP contribution in [0.3, 0.4) is 0 Å². The highest BCUT2D eigenvalue weighted by Crippen LogP contribution is 2.35. The van der Waals surface area contributed by atoms with Gasteiger partial charge in [-0.05, 0) is 75.6 Å². The Morgan fingerprint density at radius 3 is 2.03 bits per heavy atom. The van der Waals surface area contributed by atoms with Crippen molar-refractivity contribution in [2.24, 2.45) is 0 Å². The lowest BCUT2D eigenvalue weighted by Gasteiger charge is -2.09. The molecule has 0 saturated carbocycles. The summed E-state index contributed by atoms with van der Waals surface area (Å²) in [7, 11) is -3.78. The summed E-state index contributed by atoms with van der Waals surface area (Å²) < 4.78 is 39.5. The molecule has 5 rings (SSSR count). The molecule has 2 aliphatic rings. The van der Waals surface area contributed by atoms with Crippen molar-refractivity contribution < 1.29 is 22.4 Å². The Balaban J connectivity index is 0.000000186. The minimum atomic E-state index is -3.78. The maximum atomic E-state index is 12.9. The fourth-order valence-corrected chi connectivity index (χ4v) is 6.06. The highest BCUT2D eigenvalue weighted by Gasteiger charge is 2.26. The summed E-state index contributed by atoms with van der Waals surface area (Å²) in [5.41, 5.74) is 3.25. The van der Waals surface area contributed by atoms with Gasteiger partial charge in [-0.3, -0.25) is 9.59 Å². The summed E-state index contributed by atoms with van der Waals surface area (Å²) in [4.78, 5) is 22.3. The first-order valence-electron chi connectivity index (χ1n) is 9.35. The summed E-state index contributed by atoms with van der Waals surface area (Å²) in [5, 5.41) is 5.42. The zero-order valence-electron chi connectivity index (χ0n) is 16.3. The van der Waals surface area contributed by atoms with Crippen molar-refractivity contribution in [1.82, 2.24) is 0 Å². The minimum Gasteiger partial charge on any atom is -0.325 e. The van der Waals surface area contributed by atoms with Gasteiger partial charge in [0.25, 0.3) is 0 Å². The maximum absolute atomic E-state index is 12.9. The average molecular weight is 582 g/mol. The molecule has 2 amide bonds. The molecule has 3 aromatic rings. The minimum absolute atomic E-state index is 0.00170. The molecule has 3 aromatic carbocycles. The first-order chi connectivity index (χ1) is 15.1. The monoisotopic (exact) mass is 580 g/mol. The standard InChI is InChI=1S/C14H9BrFNO3S.C8H6BrNO/c15-11-7-12-8(6-14(18)17-12)5-13(11)21(19,20)10-3-1-9(16)2-4-10;9-6-2-1-5-3-8(11)10-7(5)4-6/h1-5,7H,6H2,(H,17,18);1-2,4H,3H2,(H,10,11). The van der Waals surface area contributed by atoms with Crippen molar-refractivity contribution in [3.8, 4) is 0 Å². The summed E-state index contributed by atoms with van der Waals surface area (Å²) >= 11 is 6.55. The first-order valence-corrected chi connectivity index (χ1v) is 12.4. The van der Waals surface area contributed by atoms with E-state index in [-0.39, 0.29) is 28.0 Å². The highest BCUT2D eigenvalue weighted by molar-refractivity contribution is 9.10. The lowest BCUT2D eigenvalue weighted by molar-refractivity contribution is -0.115. The Morgan fingerprint density at radius 1 is 0.781 bits per heavy atom. The van der Waals surface area contributed by atoms with Crippen molar-refractivity contribution in [3.63, 3.8) is 0 Å². The quantitative estimate of drug-likeness (QED) is 0.423. The van der Waals surface area contributed by atoms with E-state index < -0.39 is 15.7 Å². The van der Waals surface area contributed by atoms with Crippen molar-refractivity contribution in [3.05, 3.63) is 80.5 Å². The molecule has 0 spiro atoms. The van der Waals surface area contributed by atoms with E-state index in [1.54, 1.807) is 6.07 Å². The van der Waals surface area contributed by atoms with Crippen molar-refractivity contribution >= 4 is 64.9 Å². The average Bonchev–Trinajstić information content (AvgIpc) is 3.27. The lowest BCUT2D eigenvalue weighted by atomic mass is 10.2. The number of nitrogens with one attached hydrogen (secondary N) is 2. The Hall–Kier alpha value is -2.56. The summed E-state index contributed by atoms with van der Waals surface area (Å²) in [6, 6.07) is 13.5. The largest absolute Gasteiger partial charge is 0.325 e. The van der Waals surface area contributed by atoms with Crippen LogP contribution in [-0.4, -0.2) is 20.2 Å². The number of carbonyl (C=O) groups excluding carboxylic acids is 2. The van der Waals surface area contributed by atoms with Crippen LogP contribution in [-0.2, 0) is 32.3 Å². The molecule has 0 saturated heterocycles. The second-order valence-corrected chi connectivity index (χ2v) is 10.8. The molecule has 0 atom stereocenters.